The van der Waals surface area contributed by atoms with E-state index in [1.807, 2.05) is 6.07 Å². The van der Waals surface area contributed by atoms with Crippen LogP contribution in [0.2, 0.25) is 0 Å². The Morgan fingerprint density at radius 1 is 1.19 bits per heavy atom. The fraction of sp³-hybridized carbons (Fsp3) is 0.538. The van der Waals surface area contributed by atoms with Crippen LogP contribution in [0.25, 0.3) is 0 Å². The summed E-state index contributed by atoms with van der Waals surface area (Å²) in [6, 6.07) is 10.5. The summed E-state index contributed by atoms with van der Waals surface area (Å²) >= 11 is 0. The fourth-order valence-electron chi connectivity index (χ4n) is 2.05. The van der Waals surface area contributed by atoms with Crippen molar-refractivity contribution in [1.29, 1.82) is 0 Å². The second-order valence-electron chi connectivity index (χ2n) is 4.24. The van der Waals surface area contributed by atoms with E-state index >= 15 is 0 Å². The van der Waals surface area contributed by atoms with E-state index in [2.05, 4.69) is 29.2 Å². The summed E-state index contributed by atoms with van der Waals surface area (Å²) in [5.41, 5.74) is 7.53. The molecule has 1 aliphatic heterocycles. The predicted molar refractivity (Wildman–Crippen MR) is 65.1 cm³/mol. The van der Waals surface area contributed by atoms with Gasteiger partial charge in [-0.15, -0.1) is 0 Å². The first kappa shape index (κ1) is 11.6. The Hall–Kier alpha value is -0.900. The minimum absolute atomic E-state index is 0.170. The van der Waals surface area contributed by atoms with Crippen LogP contribution in [0.5, 0.6) is 0 Å². The van der Waals surface area contributed by atoms with Crippen LogP contribution in [0.1, 0.15) is 12.0 Å². The van der Waals surface area contributed by atoms with Crippen molar-refractivity contribution >= 4 is 0 Å². The van der Waals surface area contributed by atoms with Gasteiger partial charge in [0.1, 0.15) is 0 Å². The Balaban J connectivity index is 1.76. The lowest BCUT2D eigenvalue weighted by atomic mass is 10.1. The topological polar surface area (TPSA) is 38.5 Å². The Labute approximate surface area is 97.2 Å². The third kappa shape index (κ3) is 3.30. The molecular weight excluding hydrogens is 200 g/mol. The Morgan fingerprint density at radius 3 is 2.56 bits per heavy atom. The number of hydrogen-bond donors (Lipinski definition) is 1. The molecule has 0 amide bonds. The first-order valence-electron chi connectivity index (χ1n) is 5.97. The molecule has 2 rings (SSSR count). The molecule has 3 heteroatoms. The van der Waals surface area contributed by atoms with Crippen LogP contribution >= 0.6 is 0 Å². The van der Waals surface area contributed by atoms with Crippen molar-refractivity contribution in [2.45, 2.75) is 19.0 Å². The van der Waals surface area contributed by atoms with Gasteiger partial charge >= 0.3 is 0 Å². The molecule has 0 aliphatic carbocycles. The SMILES string of the molecule is NC(CCc1ccccc1)N1CCOCC1. The van der Waals surface area contributed by atoms with Gasteiger partial charge in [-0.1, -0.05) is 30.3 Å². The van der Waals surface area contributed by atoms with Crippen LogP contribution in [0.3, 0.4) is 0 Å². The molecular formula is C13H20N2O. The van der Waals surface area contributed by atoms with Crippen LogP contribution < -0.4 is 5.73 Å². The maximum absolute atomic E-state index is 6.17. The Morgan fingerprint density at radius 2 is 1.88 bits per heavy atom. The maximum Gasteiger partial charge on any atom is 0.0594 e. The van der Waals surface area contributed by atoms with Crippen LogP contribution in [0, 0.1) is 0 Å². The lowest BCUT2D eigenvalue weighted by molar-refractivity contribution is 0.0161. The number of aryl methyl sites for hydroxylation is 1. The summed E-state index contributed by atoms with van der Waals surface area (Å²) < 4.78 is 5.32. The summed E-state index contributed by atoms with van der Waals surface area (Å²) in [7, 11) is 0. The van der Waals surface area contributed by atoms with Gasteiger partial charge in [0.2, 0.25) is 0 Å². The zero-order valence-electron chi connectivity index (χ0n) is 9.64. The number of benzene rings is 1. The molecule has 1 atom stereocenters. The average molecular weight is 220 g/mol. The molecule has 2 N–H and O–H groups in total. The summed E-state index contributed by atoms with van der Waals surface area (Å²) in [6.07, 6.45) is 2.24. The maximum atomic E-state index is 6.17. The third-order valence-electron chi connectivity index (χ3n) is 3.09. The van der Waals surface area contributed by atoms with E-state index < -0.39 is 0 Å². The van der Waals surface area contributed by atoms with E-state index in [1.165, 1.54) is 5.56 Å². The van der Waals surface area contributed by atoms with Gasteiger partial charge in [-0.3, -0.25) is 4.90 Å². The zero-order chi connectivity index (χ0) is 11.2. The summed E-state index contributed by atoms with van der Waals surface area (Å²) in [6.45, 7) is 3.57. The molecule has 3 nitrogen and oxygen atoms in total. The molecule has 1 fully saturated rings. The molecule has 1 aromatic rings. The number of rotatable bonds is 4. The predicted octanol–water partition coefficient (Wildman–Crippen LogP) is 1.24. The highest BCUT2D eigenvalue weighted by Crippen LogP contribution is 2.08. The number of nitrogens with two attached hydrogens (primary N) is 1. The van der Waals surface area contributed by atoms with E-state index in [0.29, 0.717) is 0 Å². The standard InChI is InChI=1S/C13H20N2O/c14-13(15-8-10-16-11-9-15)7-6-12-4-2-1-3-5-12/h1-5,13H,6-11,14H2. The Bertz CT molecular complexity index is 296. The lowest BCUT2D eigenvalue weighted by Gasteiger charge is -2.32. The molecule has 0 bridgehead atoms. The van der Waals surface area contributed by atoms with Gasteiger partial charge in [0.15, 0.2) is 0 Å². The second-order valence-corrected chi connectivity index (χ2v) is 4.24. The molecule has 1 heterocycles. The largest absolute Gasteiger partial charge is 0.379 e. The van der Waals surface area contributed by atoms with Crippen molar-refractivity contribution in [2.75, 3.05) is 26.3 Å². The molecule has 1 unspecified atom stereocenters. The summed E-state index contributed by atoms with van der Waals surface area (Å²) in [4.78, 5) is 2.31. The number of ether oxygens (including phenoxy) is 1. The molecule has 0 spiro atoms. The first-order chi connectivity index (χ1) is 7.86. The monoisotopic (exact) mass is 220 g/mol. The van der Waals surface area contributed by atoms with E-state index in [4.69, 9.17) is 10.5 Å². The summed E-state index contributed by atoms with van der Waals surface area (Å²) in [5.74, 6) is 0. The number of nitrogens with zero attached hydrogens (tertiary/aromatic N) is 1. The second kappa shape index (κ2) is 5.99. The van der Waals surface area contributed by atoms with E-state index in [-0.39, 0.29) is 6.17 Å². The minimum Gasteiger partial charge on any atom is -0.379 e. The van der Waals surface area contributed by atoms with E-state index in [9.17, 15) is 0 Å². The van der Waals surface area contributed by atoms with Crippen LogP contribution in [0.15, 0.2) is 30.3 Å². The smallest absolute Gasteiger partial charge is 0.0594 e. The highest BCUT2D eigenvalue weighted by Gasteiger charge is 2.16. The quantitative estimate of drug-likeness (QED) is 0.829. The van der Waals surface area contributed by atoms with Gasteiger partial charge in [-0.2, -0.15) is 0 Å². The van der Waals surface area contributed by atoms with Crippen molar-refractivity contribution in [3.63, 3.8) is 0 Å². The summed E-state index contributed by atoms with van der Waals surface area (Å²) in [5, 5.41) is 0. The van der Waals surface area contributed by atoms with Crippen molar-refractivity contribution < 1.29 is 4.74 Å². The number of hydrogen-bond acceptors (Lipinski definition) is 3. The fourth-order valence-corrected chi connectivity index (χ4v) is 2.05. The van der Waals surface area contributed by atoms with Gasteiger partial charge in [0.05, 0.1) is 19.4 Å². The van der Waals surface area contributed by atoms with Crippen molar-refractivity contribution in [3.8, 4) is 0 Å². The van der Waals surface area contributed by atoms with Gasteiger partial charge in [0.25, 0.3) is 0 Å². The van der Waals surface area contributed by atoms with Gasteiger partial charge in [-0.05, 0) is 18.4 Å². The molecule has 16 heavy (non-hydrogen) atoms. The first-order valence-corrected chi connectivity index (χ1v) is 5.97. The molecule has 1 aromatic carbocycles. The van der Waals surface area contributed by atoms with Crippen LogP contribution in [-0.4, -0.2) is 37.4 Å². The highest BCUT2D eigenvalue weighted by atomic mass is 16.5. The average Bonchev–Trinajstić information content (AvgIpc) is 2.38. The van der Waals surface area contributed by atoms with Crippen molar-refractivity contribution in [3.05, 3.63) is 35.9 Å². The minimum atomic E-state index is 0.170. The zero-order valence-corrected chi connectivity index (χ0v) is 9.64. The van der Waals surface area contributed by atoms with Gasteiger partial charge in [0, 0.05) is 13.1 Å². The molecule has 1 saturated heterocycles. The van der Waals surface area contributed by atoms with E-state index in [1.54, 1.807) is 0 Å². The molecule has 88 valence electrons. The highest BCUT2D eigenvalue weighted by molar-refractivity contribution is 5.14. The Kier molecular flexibility index (Phi) is 4.34. The van der Waals surface area contributed by atoms with Gasteiger partial charge in [-0.25, -0.2) is 0 Å². The van der Waals surface area contributed by atoms with Crippen molar-refractivity contribution in [2.24, 2.45) is 5.73 Å². The molecule has 0 saturated carbocycles. The van der Waals surface area contributed by atoms with E-state index in [0.717, 1.165) is 39.1 Å². The molecule has 0 aromatic heterocycles. The number of morpholine rings is 1. The van der Waals surface area contributed by atoms with Crippen LogP contribution in [-0.2, 0) is 11.2 Å². The normalized spacial score (nSPS) is 19.6. The van der Waals surface area contributed by atoms with Gasteiger partial charge < -0.3 is 10.5 Å². The molecule has 0 radical (unpaired) electrons. The van der Waals surface area contributed by atoms with Crippen molar-refractivity contribution in [1.82, 2.24) is 4.90 Å². The van der Waals surface area contributed by atoms with Crippen LogP contribution in [0.4, 0.5) is 0 Å². The lowest BCUT2D eigenvalue weighted by Crippen LogP contribution is -2.48. The molecule has 1 aliphatic rings. The third-order valence-corrected chi connectivity index (χ3v) is 3.09.